The fourth-order valence-electron chi connectivity index (χ4n) is 1.44. The van der Waals surface area contributed by atoms with Crippen LogP contribution < -0.4 is 0 Å². The van der Waals surface area contributed by atoms with Crippen molar-refractivity contribution in [1.29, 1.82) is 0 Å². The lowest BCUT2D eigenvalue weighted by Gasteiger charge is -2.15. The van der Waals surface area contributed by atoms with Gasteiger partial charge in [0.25, 0.3) is 5.91 Å². The average Bonchev–Trinajstić information content (AvgIpc) is 2.88. The molecule has 0 saturated carbocycles. The molecular formula is C11H11BrN2OS. The fourth-order valence-corrected chi connectivity index (χ4v) is 2.64. The number of rotatable bonds is 3. The SMILES string of the molecule is CN(Cc1csc(Br)c1)C(=O)c1ccc[nH]1. The quantitative estimate of drug-likeness (QED) is 0.929. The van der Waals surface area contributed by atoms with Gasteiger partial charge in [0.2, 0.25) is 0 Å². The summed E-state index contributed by atoms with van der Waals surface area (Å²) >= 11 is 5.03. The van der Waals surface area contributed by atoms with Gasteiger partial charge < -0.3 is 9.88 Å². The van der Waals surface area contributed by atoms with E-state index >= 15 is 0 Å². The van der Waals surface area contributed by atoms with Gasteiger partial charge in [0.1, 0.15) is 5.69 Å². The zero-order chi connectivity index (χ0) is 11.5. The third-order valence-corrected chi connectivity index (χ3v) is 3.77. The van der Waals surface area contributed by atoms with Crippen LogP contribution in [0.15, 0.2) is 33.6 Å². The standard InChI is InChI=1S/C11H11BrN2OS/c1-14(6-8-5-10(12)16-7-8)11(15)9-3-2-4-13-9/h2-5,7,13H,6H2,1H3. The van der Waals surface area contributed by atoms with E-state index in [1.807, 2.05) is 17.5 Å². The Kier molecular flexibility index (Phi) is 3.46. The molecule has 0 atom stereocenters. The third-order valence-electron chi connectivity index (χ3n) is 2.22. The number of aromatic amines is 1. The van der Waals surface area contributed by atoms with E-state index in [0.29, 0.717) is 12.2 Å². The molecule has 1 N–H and O–H groups in total. The van der Waals surface area contributed by atoms with Crippen LogP contribution >= 0.6 is 27.3 Å². The average molecular weight is 299 g/mol. The summed E-state index contributed by atoms with van der Waals surface area (Å²) in [5, 5.41) is 2.04. The molecule has 2 heterocycles. The van der Waals surface area contributed by atoms with Crippen molar-refractivity contribution in [1.82, 2.24) is 9.88 Å². The topological polar surface area (TPSA) is 36.1 Å². The molecule has 1 amide bonds. The van der Waals surface area contributed by atoms with Crippen molar-refractivity contribution in [2.45, 2.75) is 6.54 Å². The molecule has 2 rings (SSSR count). The first-order valence-electron chi connectivity index (χ1n) is 4.78. The normalized spacial score (nSPS) is 10.4. The second kappa shape index (κ2) is 4.84. The van der Waals surface area contributed by atoms with Crippen molar-refractivity contribution >= 4 is 33.2 Å². The monoisotopic (exact) mass is 298 g/mol. The highest BCUT2D eigenvalue weighted by Gasteiger charge is 2.12. The van der Waals surface area contributed by atoms with Crippen molar-refractivity contribution < 1.29 is 4.79 Å². The van der Waals surface area contributed by atoms with E-state index in [2.05, 4.69) is 20.9 Å². The Morgan fingerprint density at radius 3 is 3.00 bits per heavy atom. The van der Waals surface area contributed by atoms with Gasteiger partial charge in [0, 0.05) is 19.8 Å². The molecule has 5 heteroatoms. The van der Waals surface area contributed by atoms with Gasteiger partial charge in [-0.2, -0.15) is 0 Å². The van der Waals surface area contributed by atoms with Crippen LogP contribution in [0, 0.1) is 0 Å². The number of carbonyl (C=O) groups is 1. The maximum Gasteiger partial charge on any atom is 0.270 e. The van der Waals surface area contributed by atoms with Crippen molar-refractivity contribution in [3.05, 3.63) is 44.8 Å². The number of nitrogens with one attached hydrogen (secondary N) is 1. The predicted octanol–water partition coefficient (Wildman–Crippen LogP) is 3.11. The third kappa shape index (κ3) is 2.54. The first kappa shape index (κ1) is 11.4. The number of nitrogens with zero attached hydrogens (tertiary/aromatic N) is 1. The number of aromatic nitrogens is 1. The van der Waals surface area contributed by atoms with Crippen molar-refractivity contribution in [3.63, 3.8) is 0 Å². The lowest BCUT2D eigenvalue weighted by Crippen LogP contribution is -2.26. The Balaban J connectivity index is 2.03. The number of thiophene rings is 1. The molecule has 0 bridgehead atoms. The Labute approximate surface area is 106 Å². The first-order valence-corrected chi connectivity index (χ1v) is 6.46. The molecule has 0 radical (unpaired) electrons. The molecule has 0 fully saturated rings. The van der Waals surface area contributed by atoms with Gasteiger partial charge in [-0.1, -0.05) is 0 Å². The van der Waals surface area contributed by atoms with Gasteiger partial charge in [-0.05, 0) is 45.1 Å². The van der Waals surface area contributed by atoms with Crippen LogP contribution in [0.25, 0.3) is 0 Å². The van der Waals surface area contributed by atoms with Crippen LogP contribution in [0.2, 0.25) is 0 Å². The number of carbonyl (C=O) groups excluding carboxylic acids is 1. The van der Waals surface area contributed by atoms with Crippen molar-refractivity contribution in [2.75, 3.05) is 7.05 Å². The predicted molar refractivity (Wildman–Crippen MR) is 68.6 cm³/mol. The first-order chi connectivity index (χ1) is 7.66. The molecule has 0 aliphatic heterocycles. The summed E-state index contributed by atoms with van der Waals surface area (Å²) in [6, 6.07) is 5.63. The number of hydrogen-bond donors (Lipinski definition) is 1. The van der Waals surface area contributed by atoms with Gasteiger partial charge in [0.05, 0.1) is 3.79 Å². The molecule has 16 heavy (non-hydrogen) atoms. The zero-order valence-electron chi connectivity index (χ0n) is 8.74. The van der Waals surface area contributed by atoms with Gasteiger partial charge in [-0.25, -0.2) is 0 Å². The van der Waals surface area contributed by atoms with Gasteiger partial charge >= 0.3 is 0 Å². The van der Waals surface area contributed by atoms with Gasteiger partial charge in [0.15, 0.2) is 0 Å². The molecule has 0 unspecified atom stereocenters. The molecule has 0 spiro atoms. The Hall–Kier alpha value is -1.07. The van der Waals surface area contributed by atoms with Crippen LogP contribution in [-0.2, 0) is 6.54 Å². The lowest BCUT2D eigenvalue weighted by molar-refractivity contribution is 0.0780. The number of amides is 1. The minimum Gasteiger partial charge on any atom is -0.357 e. The highest BCUT2D eigenvalue weighted by atomic mass is 79.9. The highest BCUT2D eigenvalue weighted by Crippen LogP contribution is 2.21. The summed E-state index contributed by atoms with van der Waals surface area (Å²) in [5.41, 5.74) is 1.76. The second-order valence-corrected chi connectivity index (χ2v) is 5.79. The van der Waals surface area contributed by atoms with E-state index in [0.717, 1.165) is 9.35 Å². The van der Waals surface area contributed by atoms with Crippen LogP contribution in [0.5, 0.6) is 0 Å². The van der Waals surface area contributed by atoms with E-state index in [4.69, 9.17) is 0 Å². The fraction of sp³-hybridized carbons (Fsp3) is 0.182. The minimum absolute atomic E-state index is 0.00678. The van der Waals surface area contributed by atoms with E-state index in [1.165, 1.54) is 0 Å². The Bertz CT molecular complexity index is 478. The summed E-state index contributed by atoms with van der Waals surface area (Å²) in [5.74, 6) is 0.00678. The van der Waals surface area contributed by atoms with Crippen LogP contribution in [-0.4, -0.2) is 22.8 Å². The summed E-state index contributed by atoms with van der Waals surface area (Å²) in [7, 11) is 1.80. The zero-order valence-corrected chi connectivity index (χ0v) is 11.1. The summed E-state index contributed by atoms with van der Waals surface area (Å²) in [6.07, 6.45) is 1.75. The number of H-pyrrole nitrogens is 1. The van der Waals surface area contributed by atoms with Crippen molar-refractivity contribution in [2.24, 2.45) is 0 Å². The van der Waals surface area contributed by atoms with Crippen LogP contribution in [0.4, 0.5) is 0 Å². The Morgan fingerprint density at radius 2 is 2.44 bits per heavy atom. The maximum atomic E-state index is 11.9. The molecule has 0 aromatic carbocycles. The number of halogens is 1. The van der Waals surface area contributed by atoms with Crippen molar-refractivity contribution in [3.8, 4) is 0 Å². The van der Waals surface area contributed by atoms with Crippen LogP contribution in [0.3, 0.4) is 0 Å². The second-order valence-electron chi connectivity index (χ2n) is 3.50. The van der Waals surface area contributed by atoms with E-state index in [9.17, 15) is 4.79 Å². The smallest absolute Gasteiger partial charge is 0.270 e. The molecule has 2 aromatic rings. The van der Waals surface area contributed by atoms with Gasteiger partial charge in [-0.15, -0.1) is 11.3 Å². The van der Waals surface area contributed by atoms with E-state index in [1.54, 1.807) is 35.5 Å². The van der Waals surface area contributed by atoms with Gasteiger partial charge in [-0.3, -0.25) is 4.79 Å². The van der Waals surface area contributed by atoms with E-state index in [-0.39, 0.29) is 5.91 Å². The molecule has 84 valence electrons. The highest BCUT2D eigenvalue weighted by molar-refractivity contribution is 9.11. The molecule has 0 aliphatic rings. The molecule has 0 saturated heterocycles. The molecule has 3 nitrogen and oxygen atoms in total. The summed E-state index contributed by atoms with van der Waals surface area (Å²) < 4.78 is 1.09. The summed E-state index contributed by atoms with van der Waals surface area (Å²) in [6.45, 7) is 0.625. The van der Waals surface area contributed by atoms with Crippen LogP contribution in [0.1, 0.15) is 16.1 Å². The minimum atomic E-state index is 0.00678. The Morgan fingerprint density at radius 1 is 1.62 bits per heavy atom. The molecular weight excluding hydrogens is 288 g/mol. The maximum absolute atomic E-state index is 11.9. The lowest BCUT2D eigenvalue weighted by atomic mass is 10.3. The van der Waals surface area contributed by atoms with E-state index < -0.39 is 0 Å². The number of hydrogen-bond acceptors (Lipinski definition) is 2. The molecule has 2 aromatic heterocycles. The molecule has 0 aliphatic carbocycles. The summed E-state index contributed by atoms with van der Waals surface area (Å²) in [4.78, 5) is 16.5. The largest absolute Gasteiger partial charge is 0.357 e.